The molecule has 1 aromatic rings. The number of ether oxygens (including phenoxy) is 1. The summed E-state index contributed by atoms with van der Waals surface area (Å²) in [6.07, 6.45) is 6.16. The van der Waals surface area contributed by atoms with Crippen LogP contribution >= 0.6 is 0 Å². The van der Waals surface area contributed by atoms with Crippen molar-refractivity contribution >= 4 is 23.3 Å². The van der Waals surface area contributed by atoms with Crippen LogP contribution in [0.2, 0.25) is 0 Å². The van der Waals surface area contributed by atoms with Crippen molar-refractivity contribution in [1.82, 2.24) is 0 Å². The number of esters is 1. The Balaban J connectivity index is 1.50. The van der Waals surface area contributed by atoms with Crippen molar-refractivity contribution in [2.75, 3.05) is 11.9 Å². The van der Waals surface area contributed by atoms with Crippen LogP contribution in [0.25, 0.3) is 0 Å². The number of carbonyl (C=O) groups is 3. The van der Waals surface area contributed by atoms with Crippen LogP contribution in [-0.2, 0) is 14.3 Å². The lowest BCUT2D eigenvalue weighted by molar-refractivity contribution is -0.142. The third-order valence-corrected chi connectivity index (χ3v) is 5.09. The molecule has 1 saturated carbocycles. The van der Waals surface area contributed by atoms with Gasteiger partial charge in [0.25, 0.3) is 0 Å². The first-order valence-electron chi connectivity index (χ1n) is 8.68. The van der Waals surface area contributed by atoms with Crippen molar-refractivity contribution in [1.29, 1.82) is 0 Å². The van der Waals surface area contributed by atoms with Crippen molar-refractivity contribution in [3.8, 4) is 0 Å². The number of benzene rings is 1. The summed E-state index contributed by atoms with van der Waals surface area (Å²) in [6.45, 7) is 1.57. The first kappa shape index (κ1) is 16.7. The Labute approximate surface area is 141 Å². The predicted molar refractivity (Wildman–Crippen MR) is 90.0 cm³/mol. The molecule has 0 bridgehead atoms. The van der Waals surface area contributed by atoms with Gasteiger partial charge in [0.1, 0.15) is 0 Å². The van der Waals surface area contributed by atoms with Gasteiger partial charge in [-0.25, -0.2) is 0 Å². The minimum atomic E-state index is -0.304. The first-order chi connectivity index (χ1) is 11.5. The molecule has 0 radical (unpaired) electrons. The van der Waals surface area contributed by atoms with E-state index < -0.39 is 0 Å². The van der Waals surface area contributed by atoms with Crippen LogP contribution in [0.4, 0.5) is 5.69 Å². The molecule has 1 heterocycles. The number of amides is 1. The monoisotopic (exact) mass is 329 g/mol. The Morgan fingerprint density at radius 3 is 2.75 bits per heavy atom. The number of nitrogens with one attached hydrogen (secondary N) is 1. The minimum absolute atomic E-state index is 0.0621. The van der Waals surface area contributed by atoms with Gasteiger partial charge < -0.3 is 10.1 Å². The third-order valence-electron chi connectivity index (χ3n) is 5.09. The van der Waals surface area contributed by atoms with Gasteiger partial charge in [-0.1, -0.05) is 25.7 Å². The molecule has 128 valence electrons. The summed E-state index contributed by atoms with van der Waals surface area (Å²) in [5.41, 5.74) is 2.04. The molecule has 1 aliphatic carbocycles. The van der Waals surface area contributed by atoms with E-state index in [0.29, 0.717) is 17.9 Å². The van der Waals surface area contributed by atoms with E-state index in [1.165, 1.54) is 25.7 Å². The number of hydrogen-bond donors (Lipinski definition) is 1. The minimum Gasteiger partial charge on any atom is -0.457 e. The molecule has 5 heteroatoms. The molecule has 0 saturated heterocycles. The van der Waals surface area contributed by atoms with Gasteiger partial charge in [0, 0.05) is 17.7 Å². The molecule has 1 aromatic carbocycles. The zero-order chi connectivity index (χ0) is 17.1. The summed E-state index contributed by atoms with van der Waals surface area (Å²) < 4.78 is 5.11. The van der Waals surface area contributed by atoms with E-state index in [2.05, 4.69) is 5.32 Å². The summed E-state index contributed by atoms with van der Waals surface area (Å²) in [5.74, 6) is -0.230. The predicted octanol–water partition coefficient (Wildman–Crippen LogP) is 3.44. The number of rotatable bonds is 6. The second kappa shape index (κ2) is 7.16. The van der Waals surface area contributed by atoms with Gasteiger partial charge in [-0.3, -0.25) is 14.4 Å². The molecule has 5 nitrogen and oxygen atoms in total. The summed E-state index contributed by atoms with van der Waals surface area (Å²) in [5, 5.41) is 2.77. The highest BCUT2D eigenvalue weighted by molar-refractivity contribution is 6.05. The average Bonchev–Trinajstić information content (AvgIpc) is 3.19. The van der Waals surface area contributed by atoms with Crippen LogP contribution in [0.1, 0.15) is 67.3 Å². The Bertz CT molecular complexity index is 661. The quantitative estimate of drug-likeness (QED) is 0.641. The maximum Gasteiger partial charge on any atom is 0.306 e. The molecule has 1 atom stereocenters. The number of carbonyl (C=O) groups excluding carboxylic acids is 3. The van der Waals surface area contributed by atoms with E-state index in [0.717, 1.165) is 17.7 Å². The molecule has 1 N–H and O–H groups in total. The van der Waals surface area contributed by atoms with Gasteiger partial charge in [-0.05, 0) is 43.0 Å². The lowest BCUT2D eigenvalue weighted by Crippen LogP contribution is -2.15. The molecular formula is C19H23NO4. The smallest absolute Gasteiger partial charge is 0.306 e. The molecule has 1 aliphatic heterocycles. The number of hydrogen-bond acceptors (Lipinski definition) is 4. The number of Topliss-reactive ketones (excluding diaryl/α,β-unsaturated/α-hetero) is 1. The maximum atomic E-state index is 12.2. The van der Waals surface area contributed by atoms with Crippen LogP contribution in [0.5, 0.6) is 0 Å². The van der Waals surface area contributed by atoms with E-state index >= 15 is 0 Å². The van der Waals surface area contributed by atoms with Gasteiger partial charge in [0.2, 0.25) is 5.91 Å². The second-order valence-electron chi connectivity index (χ2n) is 6.79. The largest absolute Gasteiger partial charge is 0.457 e. The van der Waals surface area contributed by atoms with E-state index in [9.17, 15) is 14.4 Å². The van der Waals surface area contributed by atoms with Crippen LogP contribution < -0.4 is 5.32 Å². The summed E-state index contributed by atoms with van der Waals surface area (Å²) in [7, 11) is 0. The van der Waals surface area contributed by atoms with E-state index in [4.69, 9.17) is 4.74 Å². The van der Waals surface area contributed by atoms with Crippen LogP contribution in [0.15, 0.2) is 18.2 Å². The van der Waals surface area contributed by atoms with E-state index in [1.807, 2.05) is 0 Å². The first-order valence-corrected chi connectivity index (χ1v) is 8.68. The van der Waals surface area contributed by atoms with Crippen molar-refractivity contribution in [2.45, 2.75) is 51.4 Å². The zero-order valence-electron chi connectivity index (χ0n) is 14.0. The van der Waals surface area contributed by atoms with E-state index in [1.54, 1.807) is 25.1 Å². The van der Waals surface area contributed by atoms with Gasteiger partial charge in [-0.2, -0.15) is 0 Å². The van der Waals surface area contributed by atoms with Gasteiger partial charge in [0.15, 0.2) is 12.4 Å². The van der Waals surface area contributed by atoms with Crippen LogP contribution in [0, 0.1) is 5.92 Å². The molecule has 0 spiro atoms. The molecule has 3 rings (SSSR count). The third kappa shape index (κ3) is 3.66. The summed E-state index contributed by atoms with van der Waals surface area (Å²) in [4.78, 5) is 35.6. The highest BCUT2D eigenvalue weighted by Crippen LogP contribution is 2.32. The Kier molecular flexibility index (Phi) is 4.97. The Hall–Kier alpha value is -2.17. The number of ketones is 1. The standard InChI is InChI=1S/C19H23NO4/c1-12-15-10-14(7-8-16(15)20-19(12)23)17(21)11-24-18(22)9-6-13-4-2-3-5-13/h7-8,10,12-13H,2-6,9,11H2,1H3,(H,20,23)/t12-/m1/s1. The number of anilines is 1. The second-order valence-corrected chi connectivity index (χ2v) is 6.79. The SMILES string of the molecule is C[C@H]1C(=O)Nc2ccc(C(=O)COC(=O)CCC3CCCC3)cc21. The zero-order valence-corrected chi connectivity index (χ0v) is 14.0. The lowest BCUT2D eigenvalue weighted by Gasteiger charge is -2.09. The number of fused-ring (bicyclic) bond motifs is 1. The molecule has 1 fully saturated rings. The topological polar surface area (TPSA) is 72.5 Å². The molecule has 0 aromatic heterocycles. The van der Waals surface area contributed by atoms with Crippen LogP contribution in [0.3, 0.4) is 0 Å². The molecule has 24 heavy (non-hydrogen) atoms. The van der Waals surface area contributed by atoms with E-state index in [-0.39, 0.29) is 30.2 Å². The van der Waals surface area contributed by atoms with Crippen molar-refractivity contribution in [3.63, 3.8) is 0 Å². The fraction of sp³-hybridized carbons (Fsp3) is 0.526. The Morgan fingerprint density at radius 2 is 2.00 bits per heavy atom. The van der Waals surface area contributed by atoms with Crippen molar-refractivity contribution in [2.24, 2.45) is 5.92 Å². The molecular weight excluding hydrogens is 306 g/mol. The fourth-order valence-corrected chi connectivity index (χ4v) is 3.51. The Morgan fingerprint density at radius 1 is 1.25 bits per heavy atom. The van der Waals surface area contributed by atoms with Crippen molar-refractivity contribution in [3.05, 3.63) is 29.3 Å². The molecule has 1 amide bonds. The van der Waals surface area contributed by atoms with Crippen LogP contribution in [-0.4, -0.2) is 24.3 Å². The molecule has 0 unspecified atom stereocenters. The van der Waals surface area contributed by atoms with Crippen molar-refractivity contribution < 1.29 is 19.1 Å². The highest BCUT2D eigenvalue weighted by Gasteiger charge is 2.27. The summed E-state index contributed by atoms with van der Waals surface area (Å²) in [6, 6.07) is 5.10. The van der Waals surface area contributed by atoms with Gasteiger partial charge >= 0.3 is 5.97 Å². The fourth-order valence-electron chi connectivity index (χ4n) is 3.51. The lowest BCUT2D eigenvalue weighted by atomic mass is 9.99. The average molecular weight is 329 g/mol. The highest BCUT2D eigenvalue weighted by atomic mass is 16.5. The summed E-state index contributed by atoms with van der Waals surface area (Å²) >= 11 is 0. The van der Waals surface area contributed by atoms with Gasteiger partial charge in [0.05, 0.1) is 5.92 Å². The van der Waals surface area contributed by atoms with Gasteiger partial charge in [-0.15, -0.1) is 0 Å². The molecule has 2 aliphatic rings. The maximum absolute atomic E-state index is 12.2. The normalized spacial score (nSPS) is 19.9.